The summed E-state index contributed by atoms with van der Waals surface area (Å²) in [6.45, 7) is 0.113. The first-order valence-corrected chi connectivity index (χ1v) is 7.75. The molecule has 2 aromatic heterocycles. The first-order valence-electron chi connectivity index (χ1n) is 7.75. The summed E-state index contributed by atoms with van der Waals surface area (Å²) in [4.78, 5) is 50.3. The molecular formula is C18H13N3O4. The first-order chi connectivity index (χ1) is 12.1. The van der Waals surface area contributed by atoms with Gasteiger partial charge >= 0.3 is 0 Å². The van der Waals surface area contributed by atoms with Gasteiger partial charge in [-0.25, -0.2) is 0 Å². The Morgan fingerprint density at radius 3 is 2.24 bits per heavy atom. The van der Waals surface area contributed by atoms with Crippen LogP contribution in [0.2, 0.25) is 0 Å². The Labute approximate surface area is 139 Å². The fraction of sp³-hybridized carbons (Fsp3) is 0.111. The number of H-pyrrole nitrogens is 2. The summed E-state index contributed by atoms with van der Waals surface area (Å²) in [6, 6.07) is 10.8. The number of nitrogens with one attached hydrogen (secondary N) is 2. The zero-order chi connectivity index (χ0) is 17.6. The van der Waals surface area contributed by atoms with Crippen molar-refractivity contribution in [3.05, 3.63) is 89.3 Å². The van der Waals surface area contributed by atoms with E-state index in [9.17, 15) is 19.2 Å². The Balaban J connectivity index is 1.97. The van der Waals surface area contributed by atoms with E-state index in [1.165, 1.54) is 12.3 Å². The highest BCUT2D eigenvalue weighted by molar-refractivity contribution is 5.95. The Morgan fingerprint density at radius 2 is 1.52 bits per heavy atom. The summed E-state index contributed by atoms with van der Waals surface area (Å²) < 4.78 is 0.975. The van der Waals surface area contributed by atoms with Gasteiger partial charge < -0.3 is 5.10 Å². The molecule has 25 heavy (non-hydrogen) atoms. The topological polar surface area (TPSA) is 105 Å². The molecule has 0 atom stereocenters. The average Bonchev–Trinajstić information content (AvgIpc) is 2.90. The van der Waals surface area contributed by atoms with Crippen LogP contribution < -0.4 is 22.0 Å². The number of aromatic amines is 2. The molecule has 0 unspecified atom stereocenters. The van der Waals surface area contributed by atoms with Crippen LogP contribution in [0.5, 0.6) is 0 Å². The van der Waals surface area contributed by atoms with E-state index in [0.29, 0.717) is 6.42 Å². The fourth-order valence-electron chi connectivity index (χ4n) is 3.10. The second-order valence-electron chi connectivity index (χ2n) is 5.80. The Bertz CT molecular complexity index is 1240. The maximum Gasteiger partial charge on any atom is 0.265 e. The number of benzene rings is 2. The summed E-state index contributed by atoms with van der Waals surface area (Å²) in [5.74, 6) is 0. The molecule has 2 aromatic carbocycles. The molecule has 0 aliphatic carbocycles. The van der Waals surface area contributed by atoms with E-state index in [-0.39, 0.29) is 28.2 Å². The van der Waals surface area contributed by atoms with Gasteiger partial charge in [-0.15, -0.1) is 0 Å². The number of nitrogens with zero attached hydrogens (tertiary/aromatic N) is 1. The van der Waals surface area contributed by atoms with Gasteiger partial charge in [-0.3, -0.25) is 28.8 Å². The van der Waals surface area contributed by atoms with Crippen LogP contribution in [-0.4, -0.2) is 14.8 Å². The van der Waals surface area contributed by atoms with Crippen molar-refractivity contribution >= 4 is 21.7 Å². The number of hydrogen-bond donors (Lipinski definition) is 2. The molecule has 0 aliphatic rings. The van der Waals surface area contributed by atoms with Crippen LogP contribution in [0.25, 0.3) is 21.7 Å². The zero-order valence-corrected chi connectivity index (χ0v) is 13.0. The quantitative estimate of drug-likeness (QED) is 0.571. The first kappa shape index (κ1) is 15.1. The molecular weight excluding hydrogens is 322 g/mol. The number of rotatable bonds is 3. The Kier molecular flexibility index (Phi) is 3.35. The van der Waals surface area contributed by atoms with Gasteiger partial charge in [-0.05, 0) is 18.1 Å². The molecule has 0 aliphatic heterocycles. The molecule has 0 amide bonds. The zero-order valence-electron chi connectivity index (χ0n) is 13.0. The SMILES string of the molecule is O=c1c2cc[nH][nH]c2c(=O)c2c(=O)n(CCc3ccccc3)c(=O)c12. The van der Waals surface area contributed by atoms with E-state index >= 15 is 0 Å². The van der Waals surface area contributed by atoms with Crippen molar-refractivity contribution in [1.29, 1.82) is 0 Å². The van der Waals surface area contributed by atoms with Crippen molar-refractivity contribution in [3.8, 4) is 0 Å². The van der Waals surface area contributed by atoms with Gasteiger partial charge in [0.2, 0.25) is 10.9 Å². The van der Waals surface area contributed by atoms with Crippen LogP contribution in [0.15, 0.2) is 61.8 Å². The number of hydrogen-bond acceptors (Lipinski definition) is 4. The average molecular weight is 335 g/mol. The molecule has 0 saturated carbocycles. The molecule has 124 valence electrons. The van der Waals surface area contributed by atoms with Crippen LogP contribution >= 0.6 is 0 Å². The highest BCUT2D eigenvalue weighted by atomic mass is 16.2. The maximum absolute atomic E-state index is 12.6. The fourth-order valence-corrected chi connectivity index (χ4v) is 3.10. The predicted molar refractivity (Wildman–Crippen MR) is 94.6 cm³/mol. The molecule has 0 spiro atoms. The number of fused-ring (bicyclic) bond motifs is 2. The molecule has 2 heterocycles. The third kappa shape index (κ3) is 2.20. The monoisotopic (exact) mass is 335 g/mol. The van der Waals surface area contributed by atoms with E-state index in [4.69, 9.17) is 0 Å². The van der Waals surface area contributed by atoms with E-state index in [1.54, 1.807) is 0 Å². The van der Waals surface area contributed by atoms with E-state index < -0.39 is 22.0 Å². The predicted octanol–water partition coefficient (Wildman–Crippen LogP) is 0.572. The third-order valence-electron chi connectivity index (χ3n) is 4.36. The van der Waals surface area contributed by atoms with E-state index in [2.05, 4.69) is 10.2 Å². The minimum absolute atomic E-state index is 0.00249. The molecule has 0 bridgehead atoms. The smallest absolute Gasteiger partial charge is 0.265 e. The van der Waals surface area contributed by atoms with Crippen molar-refractivity contribution in [2.24, 2.45) is 0 Å². The van der Waals surface area contributed by atoms with Gasteiger partial charge in [0, 0.05) is 12.7 Å². The molecule has 7 nitrogen and oxygen atoms in total. The lowest BCUT2D eigenvalue weighted by Crippen LogP contribution is -2.27. The molecule has 2 N–H and O–H groups in total. The summed E-state index contributed by atoms with van der Waals surface area (Å²) in [6.07, 6.45) is 1.90. The largest absolute Gasteiger partial charge is 0.308 e. The maximum atomic E-state index is 12.6. The highest BCUT2D eigenvalue weighted by Gasteiger charge is 2.21. The highest BCUT2D eigenvalue weighted by Crippen LogP contribution is 2.06. The van der Waals surface area contributed by atoms with E-state index in [0.717, 1.165) is 10.1 Å². The third-order valence-corrected chi connectivity index (χ3v) is 4.36. The van der Waals surface area contributed by atoms with Gasteiger partial charge in [-0.2, -0.15) is 0 Å². The van der Waals surface area contributed by atoms with Crippen molar-refractivity contribution < 1.29 is 0 Å². The molecule has 0 radical (unpaired) electrons. The normalized spacial score (nSPS) is 11.4. The molecule has 0 saturated heterocycles. The van der Waals surface area contributed by atoms with Crippen LogP contribution in [0.3, 0.4) is 0 Å². The second kappa shape index (κ2) is 5.55. The lowest BCUT2D eigenvalue weighted by Gasteiger charge is -2.00. The Hall–Kier alpha value is -3.48. The van der Waals surface area contributed by atoms with Crippen molar-refractivity contribution in [1.82, 2.24) is 14.8 Å². The van der Waals surface area contributed by atoms with Gasteiger partial charge in [0.1, 0.15) is 16.3 Å². The summed E-state index contributed by atoms with van der Waals surface area (Å²) in [5, 5.41) is 4.61. The lowest BCUT2D eigenvalue weighted by molar-refractivity contribution is 0.665. The minimum atomic E-state index is -0.711. The molecule has 4 rings (SSSR count). The van der Waals surface area contributed by atoms with Gasteiger partial charge in [0.05, 0.1) is 5.39 Å². The molecule has 0 fully saturated rings. The van der Waals surface area contributed by atoms with Gasteiger partial charge in [0.15, 0.2) is 0 Å². The van der Waals surface area contributed by atoms with Gasteiger partial charge in [0.25, 0.3) is 11.1 Å². The van der Waals surface area contributed by atoms with Crippen LogP contribution in [0.4, 0.5) is 0 Å². The number of aryl methyl sites for hydroxylation is 1. The van der Waals surface area contributed by atoms with Crippen LogP contribution in [0, 0.1) is 0 Å². The van der Waals surface area contributed by atoms with Crippen LogP contribution in [0.1, 0.15) is 5.56 Å². The van der Waals surface area contributed by atoms with Gasteiger partial charge in [-0.1, -0.05) is 30.3 Å². The Morgan fingerprint density at radius 1 is 0.840 bits per heavy atom. The van der Waals surface area contributed by atoms with Crippen molar-refractivity contribution in [2.45, 2.75) is 13.0 Å². The number of aromatic nitrogens is 3. The summed E-state index contributed by atoms with van der Waals surface area (Å²) in [5.41, 5.74) is -1.70. The molecule has 4 aromatic rings. The summed E-state index contributed by atoms with van der Waals surface area (Å²) >= 11 is 0. The second-order valence-corrected chi connectivity index (χ2v) is 5.80. The van der Waals surface area contributed by atoms with E-state index in [1.807, 2.05) is 30.3 Å². The minimum Gasteiger partial charge on any atom is -0.308 e. The van der Waals surface area contributed by atoms with Crippen molar-refractivity contribution in [3.63, 3.8) is 0 Å². The summed E-state index contributed by atoms with van der Waals surface area (Å²) in [7, 11) is 0. The standard InChI is InChI=1S/C18H13N3O4/c22-15-11-6-8-19-20-14(11)16(23)13-12(15)17(24)21(18(13)25)9-7-10-4-2-1-3-5-10/h1-6,8,19-20H,7,9H2. The van der Waals surface area contributed by atoms with Crippen LogP contribution in [-0.2, 0) is 13.0 Å². The lowest BCUT2D eigenvalue weighted by atomic mass is 10.1. The molecule has 7 heteroatoms. The van der Waals surface area contributed by atoms with Crippen molar-refractivity contribution in [2.75, 3.05) is 0 Å².